The van der Waals surface area contributed by atoms with E-state index in [-0.39, 0.29) is 11.4 Å². The lowest BCUT2D eigenvalue weighted by Gasteiger charge is -2.11. The van der Waals surface area contributed by atoms with Crippen LogP contribution in [-0.4, -0.2) is 16.1 Å². The molecular weight excluding hydrogens is 269 g/mol. The molecule has 0 amide bonds. The van der Waals surface area contributed by atoms with Crippen LogP contribution in [-0.2, 0) is 6.54 Å². The minimum atomic E-state index is -0.301. The summed E-state index contributed by atoms with van der Waals surface area (Å²) >= 11 is 0. The van der Waals surface area contributed by atoms with Gasteiger partial charge in [-0.25, -0.2) is 9.37 Å². The third-order valence-electron chi connectivity index (χ3n) is 3.28. The molecule has 3 rings (SSSR count). The Hall–Kier alpha value is -2.69. The van der Waals surface area contributed by atoms with Crippen LogP contribution in [0.25, 0.3) is 11.0 Å². The number of halogens is 1. The van der Waals surface area contributed by atoms with Gasteiger partial charge in [-0.2, -0.15) is 0 Å². The van der Waals surface area contributed by atoms with E-state index in [1.54, 1.807) is 22.8 Å². The van der Waals surface area contributed by atoms with Gasteiger partial charge in [0.15, 0.2) is 0 Å². The SMILES string of the molecule is O=c1cnc2ccccc2n1CCNc1ccccc1F. The number of fused-ring (bicyclic) bond motifs is 1. The number of hydrogen-bond donors (Lipinski definition) is 1. The van der Waals surface area contributed by atoms with E-state index >= 15 is 0 Å². The quantitative estimate of drug-likeness (QED) is 0.800. The smallest absolute Gasteiger partial charge is 0.269 e. The van der Waals surface area contributed by atoms with Crippen LogP contribution in [0, 0.1) is 5.82 Å². The molecule has 5 heteroatoms. The molecule has 0 aliphatic rings. The maximum absolute atomic E-state index is 13.5. The van der Waals surface area contributed by atoms with Crippen LogP contribution in [0.4, 0.5) is 10.1 Å². The highest BCUT2D eigenvalue weighted by Crippen LogP contribution is 2.12. The van der Waals surface area contributed by atoms with Crippen LogP contribution in [0.5, 0.6) is 0 Å². The van der Waals surface area contributed by atoms with Gasteiger partial charge in [-0.1, -0.05) is 24.3 Å². The Morgan fingerprint density at radius 1 is 1.10 bits per heavy atom. The van der Waals surface area contributed by atoms with Crippen molar-refractivity contribution in [1.82, 2.24) is 9.55 Å². The first kappa shape index (κ1) is 13.3. The topological polar surface area (TPSA) is 46.9 Å². The van der Waals surface area contributed by atoms with E-state index in [1.807, 2.05) is 24.3 Å². The zero-order chi connectivity index (χ0) is 14.7. The van der Waals surface area contributed by atoms with Crippen molar-refractivity contribution in [3.05, 3.63) is 70.9 Å². The first-order valence-electron chi connectivity index (χ1n) is 6.69. The molecule has 2 aromatic carbocycles. The summed E-state index contributed by atoms with van der Waals surface area (Å²) in [5, 5.41) is 3.00. The second-order valence-electron chi connectivity index (χ2n) is 4.64. The Bertz CT molecular complexity index is 829. The van der Waals surface area contributed by atoms with Crippen LogP contribution < -0.4 is 10.9 Å². The second kappa shape index (κ2) is 5.75. The van der Waals surface area contributed by atoms with E-state index in [1.165, 1.54) is 12.3 Å². The van der Waals surface area contributed by atoms with Gasteiger partial charge in [0.2, 0.25) is 0 Å². The molecule has 0 saturated carbocycles. The number of para-hydroxylation sites is 3. The van der Waals surface area contributed by atoms with Crippen molar-refractivity contribution in [2.45, 2.75) is 6.54 Å². The lowest BCUT2D eigenvalue weighted by Crippen LogP contribution is -2.24. The molecule has 0 bridgehead atoms. The molecular formula is C16H14FN3O. The maximum Gasteiger partial charge on any atom is 0.269 e. The highest BCUT2D eigenvalue weighted by atomic mass is 19.1. The van der Waals surface area contributed by atoms with Crippen molar-refractivity contribution in [1.29, 1.82) is 0 Å². The van der Waals surface area contributed by atoms with Gasteiger partial charge in [-0.3, -0.25) is 4.79 Å². The first-order chi connectivity index (χ1) is 10.3. The van der Waals surface area contributed by atoms with E-state index in [0.29, 0.717) is 18.8 Å². The van der Waals surface area contributed by atoms with Gasteiger partial charge in [-0.15, -0.1) is 0 Å². The highest BCUT2D eigenvalue weighted by molar-refractivity contribution is 5.74. The molecule has 0 unspecified atom stereocenters. The molecule has 4 nitrogen and oxygen atoms in total. The molecule has 106 valence electrons. The lowest BCUT2D eigenvalue weighted by atomic mass is 10.3. The number of nitrogens with zero attached hydrogens (tertiary/aromatic N) is 2. The molecule has 1 aromatic heterocycles. The Balaban J connectivity index is 1.81. The second-order valence-corrected chi connectivity index (χ2v) is 4.64. The van der Waals surface area contributed by atoms with Gasteiger partial charge in [0.1, 0.15) is 5.82 Å². The van der Waals surface area contributed by atoms with Crippen LogP contribution >= 0.6 is 0 Å². The highest BCUT2D eigenvalue weighted by Gasteiger charge is 2.04. The summed E-state index contributed by atoms with van der Waals surface area (Å²) in [4.78, 5) is 16.0. The summed E-state index contributed by atoms with van der Waals surface area (Å²) in [5.74, 6) is -0.301. The Morgan fingerprint density at radius 3 is 2.71 bits per heavy atom. The van der Waals surface area contributed by atoms with Gasteiger partial charge in [0.05, 0.1) is 22.9 Å². The standard InChI is InChI=1S/C16H14FN3O/c17-12-5-1-2-6-13(12)18-9-10-20-15-8-4-3-7-14(15)19-11-16(20)21/h1-8,11,18H,9-10H2. The Kier molecular flexibility index (Phi) is 3.64. The van der Waals surface area contributed by atoms with E-state index in [0.717, 1.165) is 11.0 Å². The van der Waals surface area contributed by atoms with E-state index < -0.39 is 0 Å². The summed E-state index contributed by atoms with van der Waals surface area (Å²) in [5.41, 5.74) is 1.82. The zero-order valence-electron chi connectivity index (χ0n) is 11.3. The number of hydrogen-bond acceptors (Lipinski definition) is 3. The fourth-order valence-electron chi connectivity index (χ4n) is 2.25. The van der Waals surface area contributed by atoms with E-state index in [9.17, 15) is 9.18 Å². The summed E-state index contributed by atoms with van der Waals surface area (Å²) in [6.45, 7) is 0.894. The number of rotatable bonds is 4. The van der Waals surface area contributed by atoms with Gasteiger partial charge in [-0.05, 0) is 24.3 Å². The monoisotopic (exact) mass is 283 g/mol. The molecule has 0 saturated heterocycles. The average molecular weight is 283 g/mol. The molecule has 21 heavy (non-hydrogen) atoms. The maximum atomic E-state index is 13.5. The fourth-order valence-corrected chi connectivity index (χ4v) is 2.25. The van der Waals surface area contributed by atoms with Crippen molar-refractivity contribution >= 4 is 16.7 Å². The molecule has 0 fully saturated rings. The minimum absolute atomic E-state index is 0.163. The van der Waals surface area contributed by atoms with Gasteiger partial charge in [0, 0.05) is 13.1 Å². The minimum Gasteiger partial charge on any atom is -0.381 e. The molecule has 0 spiro atoms. The molecule has 1 N–H and O–H groups in total. The number of nitrogens with one attached hydrogen (secondary N) is 1. The molecule has 0 radical (unpaired) electrons. The third kappa shape index (κ3) is 2.76. The number of benzene rings is 2. The van der Waals surface area contributed by atoms with Crippen LogP contribution in [0.3, 0.4) is 0 Å². The van der Waals surface area contributed by atoms with E-state index in [2.05, 4.69) is 10.3 Å². The predicted octanol–water partition coefficient (Wildman–Crippen LogP) is 2.65. The van der Waals surface area contributed by atoms with Crippen molar-refractivity contribution in [3.8, 4) is 0 Å². The molecule has 3 aromatic rings. The average Bonchev–Trinajstić information content (AvgIpc) is 2.51. The van der Waals surface area contributed by atoms with Gasteiger partial charge in [0.25, 0.3) is 5.56 Å². The summed E-state index contributed by atoms with van der Waals surface area (Å²) in [6.07, 6.45) is 1.31. The number of anilines is 1. The van der Waals surface area contributed by atoms with Gasteiger partial charge < -0.3 is 9.88 Å². The van der Waals surface area contributed by atoms with Crippen LogP contribution in [0.2, 0.25) is 0 Å². The predicted molar refractivity (Wildman–Crippen MR) is 80.9 cm³/mol. The Labute approximate surface area is 120 Å². The van der Waals surface area contributed by atoms with Crippen molar-refractivity contribution in [2.24, 2.45) is 0 Å². The number of aromatic nitrogens is 2. The zero-order valence-corrected chi connectivity index (χ0v) is 11.3. The van der Waals surface area contributed by atoms with Crippen molar-refractivity contribution in [3.63, 3.8) is 0 Å². The van der Waals surface area contributed by atoms with Crippen molar-refractivity contribution < 1.29 is 4.39 Å². The summed E-state index contributed by atoms with van der Waals surface area (Å²) in [6, 6.07) is 13.9. The summed E-state index contributed by atoms with van der Waals surface area (Å²) in [7, 11) is 0. The molecule has 0 atom stereocenters. The van der Waals surface area contributed by atoms with Gasteiger partial charge >= 0.3 is 0 Å². The fraction of sp³-hybridized carbons (Fsp3) is 0.125. The Morgan fingerprint density at radius 2 is 1.86 bits per heavy atom. The van der Waals surface area contributed by atoms with Crippen LogP contribution in [0.15, 0.2) is 59.5 Å². The normalized spacial score (nSPS) is 10.7. The van der Waals surface area contributed by atoms with Crippen LogP contribution in [0.1, 0.15) is 0 Å². The van der Waals surface area contributed by atoms with Crippen molar-refractivity contribution in [2.75, 3.05) is 11.9 Å². The largest absolute Gasteiger partial charge is 0.381 e. The molecule has 0 aliphatic carbocycles. The molecule has 1 heterocycles. The summed E-state index contributed by atoms with van der Waals surface area (Å²) < 4.78 is 15.1. The van der Waals surface area contributed by atoms with E-state index in [4.69, 9.17) is 0 Å². The first-order valence-corrected chi connectivity index (χ1v) is 6.69. The molecule has 0 aliphatic heterocycles. The lowest BCUT2D eigenvalue weighted by molar-refractivity contribution is 0.627. The third-order valence-corrected chi connectivity index (χ3v) is 3.28.